The standard InChI is InChI=1S/C16H22N2O3/c1-13-4-2-5-14(10-13)17-15(19)11-18-7-3-6-16(12-18)20-8-9-21-16/h2,4-5,10H,3,6-9,11-12H2,1H3,(H,17,19). The summed E-state index contributed by atoms with van der Waals surface area (Å²) in [5.74, 6) is -0.461. The van der Waals surface area contributed by atoms with Crippen LogP contribution in [0.2, 0.25) is 0 Å². The molecule has 2 fully saturated rings. The number of likely N-dealkylation sites (tertiary alicyclic amines) is 1. The highest BCUT2D eigenvalue weighted by Gasteiger charge is 2.40. The fourth-order valence-electron chi connectivity index (χ4n) is 3.06. The summed E-state index contributed by atoms with van der Waals surface area (Å²) >= 11 is 0. The first-order valence-electron chi connectivity index (χ1n) is 7.52. The van der Waals surface area contributed by atoms with Crippen molar-refractivity contribution in [1.29, 1.82) is 0 Å². The van der Waals surface area contributed by atoms with Crippen LogP contribution < -0.4 is 5.32 Å². The first kappa shape index (κ1) is 14.5. The van der Waals surface area contributed by atoms with Crippen LogP contribution in [-0.2, 0) is 14.3 Å². The zero-order valence-corrected chi connectivity index (χ0v) is 12.4. The van der Waals surface area contributed by atoms with Crippen molar-refractivity contribution < 1.29 is 14.3 Å². The molecule has 1 aromatic carbocycles. The van der Waals surface area contributed by atoms with E-state index in [0.717, 1.165) is 30.6 Å². The largest absolute Gasteiger partial charge is 0.346 e. The number of piperidine rings is 1. The second kappa shape index (κ2) is 6.13. The van der Waals surface area contributed by atoms with Crippen LogP contribution in [0.25, 0.3) is 0 Å². The highest BCUT2D eigenvalue weighted by atomic mass is 16.7. The smallest absolute Gasteiger partial charge is 0.238 e. The first-order chi connectivity index (χ1) is 10.2. The molecule has 1 amide bonds. The average Bonchev–Trinajstić information content (AvgIpc) is 2.86. The molecule has 2 heterocycles. The lowest BCUT2D eigenvalue weighted by molar-refractivity contribution is -0.189. The molecule has 0 bridgehead atoms. The van der Waals surface area contributed by atoms with Gasteiger partial charge in [0.1, 0.15) is 0 Å². The summed E-state index contributed by atoms with van der Waals surface area (Å²) in [6, 6.07) is 7.84. The normalized spacial score (nSPS) is 21.6. The number of rotatable bonds is 3. The molecule has 0 aliphatic carbocycles. The molecule has 2 aliphatic rings. The molecule has 1 aromatic rings. The van der Waals surface area contributed by atoms with Gasteiger partial charge >= 0.3 is 0 Å². The van der Waals surface area contributed by atoms with Crippen LogP contribution >= 0.6 is 0 Å². The molecule has 5 heteroatoms. The third-order valence-electron chi connectivity index (χ3n) is 3.98. The second-order valence-electron chi connectivity index (χ2n) is 5.84. The van der Waals surface area contributed by atoms with Crippen molar-refractivity contribution in [3.63, 3.8) is 0 Å². The molecule has 0 saturated carbocycles. The number of nitrogens with one attached hydrogen (secondary N) is 1. The number of carbonyl (C=O) groups is 1. The third kappa shape index (κ3) is 3.61. The van der Waals surface area contributed by atoms with Gasteiger partial charge in [0.15, 0.2) is 5.79 Å². The molecule has 5 nitrogen and oxygen atoms in total. The molecule has 0 atom stereocenters. The van der Waals surface area contributed by atoms with Gasteiger partial charge in [0.2, 0.25) is 5.91 Å². The number of anilines is 1. The maximum atomic E-state index is 12.2. The minimum absolute atomic E-state index is 0.00986. The van der Waals surface area contributed by atoms with Crippen LogP contribution in [0.3, 0.4) is 0 Å². The fraction of sp³-hybridized carbons (Fsp3) is 0.562. The number of amides is 1. The maximum Gasteiger partial charge on any atom is 0.238 e. The summed E-state index contributed by atoms with van der Waals surface area (Å²) in [7, 11) is 0. The van der Waals surface area contributed by atoms with E-state index >= 15 is 0 Å². The summed E-state index contributed by atoms with van der Waals surface area (Å²) < 4.78 is 11.5. The van der Waals surface area contributed by atoms with Crippen molar-refractivity contribution in [2.45, 2.75) is 25.6 Å². The number of hydrogen-bond donors (Lipinski definition) is 1. The van der Waals surface area contributed by atoms with Crippen LogP contribution in [-0.4, -0.2) is 49.4 Å². The Labute approximate surface area is 125 Å². The Morgan fingerprint density at radius 3 is 2.95 bits per heavy atom. The fourth-order valence-corrected chi connectivity index (χ4v) is 3.06. The lowest BCUT2D eigenvalue weighted by Crippen LogP contribution is -2.50. The average molecular weight is 290 g/mol. The van der Waals surface area contributed by atoms with Gasteiger partial charge in [-0.25, -0.2) is 0 Å². The van der Waals surface area contributed by atoms with Crippen molar-refractivity contribution in [3.05, 3.63) is 29.8 Å². The van der Waals surface area contributed by atoms with Gasteiger partial charge in [-0.1, -0.05) is 12.1 Å². The summed E-state index contributed by atoms with van der Waals surface area (Å²) in [6.07, 6.45) is 1.92. The number of aryl methyl sites for hydroxylation is 1. The van der Waals surface area contributed by atoms with Crippen molar-refractivity contribution >= 4 is 11.6 Å². The van der Waals surface area contributed by atoms with E-state index in [2.05, 4.69) is 10.2 Å². The minimum Gasteiger partial charge on any atom is -0.346 e. The van der Waals surface area contributed by atoms with Crippen LogP contribution in [0.5, 0.6) is 0 Å². The molecule has 1 N–H and O–H groups in total. The summed E-state index contributed by atoms with van der Waals surface area (Å²) in [5, 5.41) is 2.95. The van der Waals surface area contributed by atoms with Gasteiger partial charge in [-0.05, 0) is 37.6 Å². The number of ether oxygens (including phenoxy) is 2. The Morgan fingerprint density at radius 2 is 2.19 bits per heavy atom. The third-order valence-corrected chi connectivity index (χ3v) is 3.98. The molecular formula is C16H22N2O3. The first-order valence-corrected chi connectivity index (χ1v) is 7.52. The van der Waals surface area contributed by atoms with Gasteiger partial charge in [-0.15, -0.1) is 0 Å². The molecule has 2 aliphatic heterocycles. The molecular weight excluding hydrogens is 268 g/mol. The van der Waals surface area contributed by atoms with Gasteiger partial charge in [0, 0.05) is 12.1 Å². The lowest BCUT2D eigenvalue weighted by Gasteiger charge is -2.38. The zero-order chi connectivity index (χ0) is 14.7. The van der Waals surface area contributed by atoms with Gasteiger partial charge in [-0.3, -0.25) is 9.69 Å². The molecule has 0 aromatic heterocycles. The highest BCUT2D eigenvalue weighted by molar-refractivity contribution is 5.92. The molecule has 0 radical (unpaired) electrons. The van der Waals surface area contributed by atoms with Crippen molar-refractivity contribution in [2.24, 2.45) is 0 Å². The predicted octanol–water partition coefficient (Wildman–Crippen LogP) is 1.77. The van der Waals surface area contributed by atoms with Crippen LogP contribution in [0.4, 0.5) is 5.69 Å². The Morgan fingerprint density at radius 1 is 1.38 bits per heavy atom. The predicted molar refractivity (Wildman–Crippen MR) is 80.1 cm³/mol. The van der Waals surface area contributed by atoms with E-state index in [1.54, 1.807) is 0 Å². The molecule has 21 heavy (non-hydrogen) atoms. The van der Waals surface area contributed by atoms with Gasteiger partial charge in [0.05, 0.1) is 26.3 Å². The Hall–Kier alpha value is -1.43. The topological polar surface area (TPSA) is 50.8 Å². The summed E-state index contributed by atoms with van der Waals surface area (Å²) in [5.41, 5.74) is 1.98. The van der Waals surface area contributed by atoms with E-state index in [1.807, 2.05) is 31.2 Å². The van der Waals surface area contributed by atoms with E-state index < -0.39 is 5.79 Å². The van der Waals surface area contributed by atoms with Gasteiger partial charge in [-0.2, -0.15) is 0 Å². The maximum absolute atomic E-state index is 12.2. The van der Waals surface area contributed by atoms with Crippen molar-refractivity contribution in [2.75, 3.05) is 38.2 Å². The second-order valence-corrected chi connectivity index (χ2v) is 5.84. The SMILES string of the molecule is Cc1cccc(NC(=O)CN2CCCC3(C2)OCCO3)c1. The van der Waals surface area contributed by atoms with Gasteiger partial charge in [0.25, 0.3) is 0 Å². The van der Waals surface area contributed by atoms with Crippen LogP contribution in [0, 0.1) is 6.92 Å². The Balaban J connectivity index is 1.55. The molecule has 2 saturated heterocycles. The lowest BCUT2D eigenvalue weighted by atomic mass is 10.0. The van der Waals surface area contributed by atoms with E-state index in [9.17, 15) is 4.79 Å². The monoisotopic (exact) mass is 290 g/mol. The Bertz CT molecular complexity index is 512. The van der Waals surface area contributed by atoms with E-state index in [-0.39, 0.29) is 5.91 Å². The van der Waals surface area contributed by atoms with Crippen LogP contribution in [0.1, 0.15) is 18.4 Å². The molecule has 0 unspecified atom stereocenters. The van der Waals surface area contributed by atoms with E-state index in [4.69, 9.17) is 9.47 Å². The molecule has 114 valence electrons. The number of carbonyl (C=O) groups excluding carboxylic acids is 1. The summed E-state index contributed by atoms with van der Waals surface area (Å²) in [4.78, 5) is 14.3. The Kier molecular flexibility index (Phi) is 4.24. The molecule has 3 rings (SSSR count). The van der Waals surface area contributed by atoms with Gasteiger partial charge < -0.3 is 14.8 Å². The van der Waals surface area contributed by atoms with Crippen molar-refractivity contribution in [1.82, 2.24) is 4.90 Å². The quantitative estimate of drug-likeness (QED) is 0.922. The number of benzene rings is 1. The van der Waals surface area contributed by atoms with E-state index in [1.165, 1.54) is 0 Å². The number of nitrogens with zero attached hydrogens (tertiary/aromatic N) is 1. The van der Waals surface area contributed by atoms with E-state index in [0.29, 0.717) is 26.3 Å². The zero-order valence-electron chi connectivity index (χ0n) is 12.4. The number of hydrogen-bond acceptors (Lipinski definition) is 4. The summed E-state index contributed by atoms with van der Waals surface area (Å²) in [6.45, 7) is 5.29. The molecule has 1 spiro atoms. The minimum atomic E-state index is -0.470. The van der Waals surface area contributed by atoms with Crippen LogP contribution in [0.15, 0.2) is 24.3 Å². The highest BCUT2D eigenvalue weighted by Crippen LogP contribution is 2.29. The van der Waals surface area contributed by atoms with Crippen molar-refractivity contribution in [3.8, 4) is 0 Å².